The van der Waals surface area contributed by atoms with Crippen molar-refractivity contribution in [2.75, 3.05) is 13.2 Å². The number of halogens is 3. The number of aliphatic hydroxyl groups is 1. The van der Waals surface area contributed by atoms with Crippen molar-refractivity contribution in [3.63, 3.8) is 0 Å². The average Bonchev–Trinajstić information content (AvgIpc) is 2.84. The maximum atomic E-state index is 13.5. The summed E-state index contributed by atoms with van der Waals surface area (Å²) in [5.74, 6) is -1.89. The SMILES string of the molecule is CC1C2CC(C1C)C(C(=O)OCCO)(C(F)(F)F)C2. The summed E-state index contributed by atoms with van der Waals surface area (Å²) in [6.07, 6.45) is -4.32. The van der Waals surface area contributed by atoms with E-state index in [1.807, 2.05) is 6.92 Å². The standard InChI is InChI=1S/C13H19F3O3/c1-7-8(2)10-5-9(7)6-12(10,13(14,15)16)11(18)19-4-3-17/h7-10,17H,3-6H2,1-2H3. The van der Waals surface area contributed by atoms with Crippen LogP contribution in [0.3, 0.4) is 0 Å². The van der Waals surface area contributed by atoms with E-state index < -0.39 is 30.1 Å². The third-order valence-corrected chi connectivity index (χ3v) is 5.18. The number of esters is 1. The van der Waals surface area contributed by atoms with Crippen LogP contribution < -0.4 is 0 Å². The van der Waals surface area contributed by atoms with Crippen molar-refractivity contribution < 1.29 is 27.8 Å². The van der Waals surface area contributed by atoms with Gasteiger partial charge in [-0.1, -0.05) is 13.8 Å². The second-order valence-corrected chi connectivity index (χ2v) is 5.85. The Labute approximate surface area is 110 Å². The van der Waals surface area contributed by atoms with Gasteiger partial charge in [-0.15, -0.1) is 0 Å². The Balaban J connectivity index is 2.32. The normalized spacial score (nSPS) is 41.6. The van der Waals surface area contributed by atoms with Gasteiger partial charge in [0.25, 0.3) is 0 Å². The van der Waals surface area contributed by atoms with Crippen molar-refractivity contribution in [2.24, 2.45) is 29.1 Å². The first kappa shape index (κ1) is 14.6. The molecule has 5 atom stereocenters. The number of aliphatic hydroxyl groups excluding tert-OH is 1. The molecule has 0 amide bonds. The Bertz CT molecular complexity index is 367. The van der Waals surface area contributed by atoms with E-state index in [-0.39, 0.29) is 30.8 Å². The molecule has 0 aromatic carbocycles. The maximum absolute atomic E-state index is 13.5. The number of alkyl halides is 3. The first-order chi connectivity index (χ1) is 8.75. The van der Waals surface area contributed by atoms with E-state index in [0.29, 0.717) is 6.42 Å². The lowest BCUT2D eigenvalue weighted by molar-refractivity contribution is -0.254. The van der Waals surface area contributed by atoms with E-state index in [4.69, 9.17) is 5.11 Å². The van der Waals surface area contributed by atoms with E-state index >= 15 is 0 Å². The lowest BCUT2D eigenvalue weighted by Crippen LogP contribution is -2.53. The van der Waals surface area contributed by atoms with Crippen LogP contribution in [0, 0.1) is 29.1 Å². The molecule has 2 fully saturated rings. The van der Waals surface area contributed by atoms with Gasteiger partial charge in [-0.05, 0) is 36.5 Å². The summed E-state index contributed by atoms with van der Waals surface area (Å²) >= 11 is 0. The molecule has 5 unspecified atom stereocenters. The van der Waals surface area contributed by atoms with Crippen LogP contribution in [0.2, 0.25) is 0 Å². The summed E-state index contributed by atoms with van der Waals surface area (Å²) < 4.78 is 45.1. The Morgan fingerprint density at radius 1 is 1.37 bits per heavy atom. The van der Waals surface area contributed by atoms with Crippen LogP contribution in [0.25, 0.3) is 0 Å². The van der Waals surface area contributed by atoms with Crippen LogP contribution in [-0.4, -0.2) is 30.5 Å². The van der Waals surface area contributed by atoms with Gasteiger partial charge in [0, 0.05) is 0 Å². The van der Waals surface area contributed by atoms with Crippen LogP contribution in [-0.2, 0) is 9.53 Å². The van der Waals surface area contributed by atoms with E-state index in [2.05, 4.69) is 4.74 Å². The van der Waals surface area contributed by atoms with Gasteiger partial charge in [0.05, 0.1) is 6.61 Å². The Kier molecular flexibility index (Phi) is 3.58. The smallest absolute Gasteiger partial charge is 0.405 e. The predicted molar refractivity (Wildman–Crippen MR) is 61.1 cm³/mol. The van der Waals surface area contributed by atoms with E-state index in [1.54, 1.807) is 6.92 Å². The second kappa shape index (κ2) is 4.65. The highest BCUT2D eigenvalue weighted by Gasteiger charge is 2.73. The maximum Gasteiger partial charge on any atom is 0.405 e. The highest BCUT2D eigenvalue weighted by Crippen LogP contribution is 2.66. The van der Waals surface area contributed by atoms with E-state index in [1.165, 1.54) is 0 Å². The van der Waals surface area contributed by atoms with Gasteiger partial charge in [-0.2, -0.15) is 13.2 Å². The van der Waals surface area contributed by atoms with Crippen molar-refractivity contribution in [1.82, 2.24) is 0 Å². The molecule has 0 heterocycles. The molecule has 2 saturated carbocycles. The molecule has 0 spiro atoms. The molecule has 110 valence electrons. The predicted octanol–water partition coefficient (Wildman–Crippen LogP) is 2.38. The third kappa shape index (κ3) is 1.95. The van der Waals surface area contributed by atoms with Crippen molar-refractivity contribution in [1.29, 1.82) is 0 Å². The molecule has 6 heteroatoms. The summed E-state index contributed by atoms with van der Waals surface area (Å²) in [7, 11) is 0. The molecule has 2 bridgehead atoms. The Morgan fingerprint density at radius 2 is 2.00 bits per heavy atom. The van der Waals surface area contributed by atoms with Gasteiger partial charge in [-0.25, -0.2) is 0 Å². The topological polar surface area (TPSA) is 46.5 Å². The largest absolute Gasteiger partial charge is 0.463 e. The number of hydrogen-bond donors (Lipinski definition) is 1. The van der Waals surface area contributed by atoms with Crippen LogP contribution in [0.4, 0.5) is 13.2 Å². The number of carbonyl (C=O) groups is 1. The molecule has 0 radical (unpaired) electrons. The lowest BCUT2D eigenvalue weighted by atomic mass is 9.65. The van der Waals surface area contributed by atoms with Crippen molar-refractivity contribution in [2.45, 2.75) is 32.9 Å². The quantitative estimate of drug-likeness (QED) is 0.807. The van der Waals surface area contributed by atoms with Crippen molar-refractivity contribution in [3.8, 4) is 0 Å². The fourth-order valence-electron chi connectivity index (χ4n) is 3.98. The zero-order chi connectivity index (χ0) is 14.4. The molecule has 2 aliphatic rings. The van der Waals surface area contributed by atoms with E-state index in [9.17, 15) is 18.0 Å². The fraction of sp³-hybridized carbons (Fsp3) is 0.923. The fourth-order valence-corrected chi connectivity index (χ4v) is 3.98. The molecule has 2 rings (SSSR count). The van der Waals surface area contributed by atoms with Gasteiger partial charge in [0.15, 0.2) is 5.41 Å². The van der Waals surface area contributed by atoms with Crippen LogP contribution >= 0.6 is 0 Å². The van der Waals surface area contributed by atoms with Crippen LogP contribution in [0.1, 0.15) is 26.7 Å². The first-order valence-corrected chi connectivity index (χ1v) is 6.60. The van der Waals surface area contributed by atoms with Crippen LogP contribution in [0.15, 0.2) is 0 Å². The molecule has 0 aromatic heterocycles. The minimum absolute atomic E-state index is 0.0664. The van der Waals surface area contributed by atoms with Gasteiger partial charge < -0.3 is 9.84 Å². The minimum Gasteiger partial charge on any atom is -0.463 e. The summed E-state index contributed by atoms with van der Waals surface area (Å²) in [6, 6.07) is 0. The zero-order valence-electron chi connectivity index (χ0n) is 11.0. The molecule has 3 nitrogen and oxygen atoms in total. The lowest BCUT2D eigenvalue weighted by Gasteiger charge is -2.41. The Hall–Kier alpha value is -0.780. The van der Waals surface area contributed by atoms with Crippen LogP contribution in [0.5, 0.6) is 0 Å². The number of ether oxygens (including phenoxy) is 1. The molecule has 0 aliphatic heterocycles. The number of carbonyl (C=O) groups excluding carboxylic acids is 1. The monoisotopic (exact) mass is 280 g/mol. The minimum atomic E-state index is -4.59. The number of fused-ring (bicyclic) bond motifs is 2. The number of rotatable bonds is 3. The molecular weight excluding hydrogens is 261 g/mol. The molecular formula is C13H19F3O3. The summed E-state index contributed by atoms with van der Waals surface area (Å²) in [5.41, 5.74) is -2.36. The average molecular weight is 280 g/mol. The number of hydrogen-bond acceptors (Lipinski definition) is 3. The molecule has 0 aromatic rings. The van der Waals surface area contributed by atoms with Gasteiger partial charge in [0.2, 0.25) is 0 Å². The third-order valence-electron chi connectivity index (χ3n) is 5.18. The van der Waals surface area contributed by atoms with Gasteiger partial charge in [0.1, 0.15) is 6.61 Å². The molecule has 1 N–H and O–H groups in total. The Morgan fingerprint density at radius 3 is 2.42 bits per heavy atom. The van der Waals surface area contributed by atoms with Gasteiger partial charge >= 0.3 is 12.1 Å². The summed E-state index contributed by atoms with van der Waals surface area (Å²) in [4.78, 5) is 12.0. The first-order valence-electron chi connectivity index (χ1n) is 6.60. The van der Waals surface area contributed by atoms with Crippen molar-refractivity contribution >= 4 is 5.97 Å². The second-order valence-electron chi connectivity index (χ2n) is 5.85. The van der Waals surface area contributed by atoms with E-state index in [0.717, 1.165) is 0 Å². The molecule has 2 aliphatic carbocycles. The molecule has 19 heavy (non-hydrogen) atoms. The summed E-state index contributed by atoms with van der Waals surface area (Å²) in [6.45, 7) is 2.90. The zero-order valence-corrected chi connectivity index (χ0v) is 11.0. The van der Waals surface area contributed by atoms with Gasteiger partial charge in [-0.3, -0.25) is 4.79 Å². The summed E-state index contributed by atoms with van der Waals surface area (Å²) in [5, 5.41) is 8.61. The molecule has 0 saturated heterocycles. The highest BCUT2D eigenvalue weighted by atomic mass is 19.4. The van der Waals surface area contributed by atoms with Crippen molar-refractivity contribution in [3.05, 3.63) is 0 Å². The highest BCUT2D eigenvalue weighted by molar-refractivity contribution is 5.79.